The van der Waals surface area contributed by atoms with Crippen LogP contribution in [0.3, 0.4) is 0 Å². The van der Waals surface area contributed by atoms with Gasteiger partial charge in [0.2, 0.25) is 0 Å². The van der Waals surface area contributed by atoms with Gasteiger partial charge in [-0.3, -0.25) is 0 Å². The molecule has 0 aliphatic carbocycles. The molecule has 7 heteroatoms. The molecule has 2 aromatic rings. The lowest BCUT2D eigenvalue weighted by atomic mass is 10.2. The Labute approximate surface area is 132 Å². The summed E-state index contributed by atoms with van der Waals surface area (Å²) in [5, 5.41) is 6.68. The van der Waals surface area contributed by atoms with E-state index in [1.54, 1.807) is 30.5 Å². The molecule has 0 bridgehead atoms. The van der Waals surface area contributed by atoms with E-state index in [9.17, 15) is 4.79 Å². The molecule has 0 aliphatic rings. The maximum absolute atomic E-state index is 11.6. The summed E-state index contributed by atoms with van der Waals surface area (Å²) < 4.78 is 9.85. The van der Waals surface area contributed by atoms with Crippen molar-refractivity contribution in [1.82, 2.24) is 5.32 Å². The Morgan fingerprint density at radius 3 is 2.90 bits per heavy atom. The summed E-state index contributed by atoms with van der Waals surface area (Å²) in [5.74, 6) is 0.267. The minimum atomic E-state index is -0.502. The van der Waals surface area contributed by atoms with Crippen LogP contribution in [0.1, 0.15) is 16.1 Å². The van der Waals surface area contributed by atoms with Gasteiger partial charge in [-0.1, -0.05) is 11.6 Å². The first-order valence-electron chi connectivity index (χ1n) is 6.05. The van der Waals surface area contributed by atoms with Gasteiger partial charge in [0.25, 0.3) is 0 Å². The number of rotatable bonds is 4. The Morgan fingerprint density at radius 2 is 2.24 bits per heavy atom. The van der Waals surface area contributed by atoms with Crippen LogP contribution in [0.15, 0.2) is 41.0 Å². The van der Waals surface area contributed by atoms with Crippen molar-refractivity contribution in [3.63, 3.8) is 0 Å². The lowest BCUT2D eigenvalue weighted by Gasteiger charge is -2.11. The molecule has 2 rings (SSSR count). The average Bonchev–Trinajstić information content (AvgIpc) is 2.99. The molecular weight excluding hydrogens is 312 g/mol. The zero-order valence-electron chi connectivity index (χ0n) is 11.2. The monoisotopic (exact) mass is 324 g/mol. The third-order valence-corrected chi connectivity index (χ3v) is 3.21. The highest BCUT2D eigenvalue weighted by atomic mass is 35.5. The number of hydrogen-bond acceptors (Lipinski definition) is 4. The van der Waals surface area contributed by atoms with E-state index < -0.39 is 5.97 Å². The number of ether oxygens (including phenoxy) is 1. The molecule has 0 aliphatic heterocycles. The van der Waals surface area contributed by atoms with Crippen LogP contribution < -0.4 is 10.6 Å². The van der Waals surface area contributed by atoms with Crippen LogP contribution >= 0.6 is 23.8 Å². The molecule has 21 heavy (non-hydrogen) atoms. The lowest BCUT2D eigenvalue weighted by Crippen LogP contribution is -2.27. The molecule has 0 atom stereocenters. The minimum Gasteiger partial charge on any atom is -0.467 e. The van der Waals surface area contributed by atoms with Crippen LogP contribution in [0.2, 0.25) is 5.02 Å². The topological polar surface area (TPSA) is 63.5 Å². The molecule has 5 nitrogen and oxygen atoms in total. The van der Waals surface area contributed by atoms with E-state index in [4.69, 9.17) is 28.2 Å². The van der Waals surface area contributed by atoms with Crippen molar-refractivity contribution < 1.29 is 13.9 Å². The fourth-order valence-electron chi connectivity index (χ4n) is 1.63. The standard InChI is InChI=1S/C14H13ClN2O3S/c1-19-13(18)11-7-9(4-5-12(11)15)17-14(21)16-8-10-3-2-6-20-10/h2-7H,8H2,1H3,(H2,16,17,21). The van der Waals surface area contributed by atoms with Gasteiger partial charge in [-0.2, -0.15) is 0 Å². The molecule has 0 amide bonds. The van der Waals surface area contributed by atoms with Gasteiger partial charge >= 0.3 is 5.97 Å². The van der Waals surface area contributed by atoms with Crippen LogP contribution in [-0.4, -0.2) is 18.2 Å². The Morgan fingerprint density at radius 1 is 1.43 bits per heavy atom. The quantitative estimate of drug-likeness (QED) is 0.665. The van der Waals surface area contributed by atoms with E-state index in [-0.39, 0.29) is 5.56 Å². The second-order valence-electron chi connectivity index (χ2n) is 4.07. The fourth-order valence-corrected chi connectivity index (χ4v) is 2.01. The first-order valence-corrected chi connectivity index (χ1v) is 6.84. The van der Waals surface area contributed by atoms with E-state index >= 15 is 0 Å². The summed E-state index contributed by atoms with van der Waals surface area (Å²) in [6.07, 6.45) is 1.59. The molecule has 1 heterocycles. The second kappa shape index (κ2) is 7.10. The first-order chi connectivity index (χ1) is 10.1. The van der Waals surface area contributed by atoms with Crippen LogP contribution in [0, 0.1) is 0 Å². The molecule has 1 aromatic carbocycles. The molecule has 1 aromatic heterocycles. The van der Waals surface area contributed by atoms with E-state index in [2.05, 4.69) is 15.4 Å². The molecule has 0 saturated heterocycles. The van der Waals surface area contributed by atoms with Gasteiger partial charge in [0.1, 0.15) is 5.76 Å². The van der Waals surface area contributed by atoms with E-state index in [0.717, 1.165) is 5.76 Å². The van der Waals surface area contributed by atoms with Crippen molar-refractivity contribution in [2.45, 2.75) is 6.54 Å². The predicted molar refractivity (Wildman–Crippen MR) is 84.6 cm³/mol. The normalized spacial score (nSPS) is 10.0. The maximum atomic E-state index is 11.6. The predicted octanol–water partition coefficient (Wildman–Crippen LogP) is 3.21. The van der Waals surface area contributed by atoms with Gasteiger partial charge in [-0.25, -0.2) is 4.79 Å². The molecule has 110 valence electrons. The van der Waals surface area contributed by atoms with Gasteiger partial charge in [0, 0.05) is 5.69 Å². The number of nitrogens with one attached hydrogen (secondary N) is 2. The van der Waals surface area contributed by atoms with Gasteiger partial charge < -0.3 is 19.8 Å². The molecular formula is C14H13ClN2O3S. The van der Waals surface area contributed by atoms with Gasteiger partial charge in [0.15, 0.2) is 5.11 Å². The van der Waals surface area contributed by atoms with Crippen LogP contribution in [-0.2, 0) is 11.3 Å². The van der Waals surface area contributed by atoms with E-state index in [1.807, 2.05) is 6.07 Å². The number of carbonyl (C=O) groups is 1. The van der Waals surface area contributed by atoms with Gasteiger partial charge in [0.05, 0.1) is 30.5 Å². The number of methoxy groups -OCH3 is 1. The SMILES string of the molecule is COC(=O)c1cc(NC(=S)NCc2ccco2)ccc1Cl. The highest BCUT2D eigenvalue weighted by Crippen LogP contribution is 2.21. The number of anilines is 1. The number of thiocarbonyl (C=S) groups is 1. The zero-order valence-corrected chi connectivity index (χ0v) is 12.8. The summed E-state index contributed by atoms with van der Waals surface area (Å²) in [5.41, 5.74) is 0.912. The molecule has 0 saturated carbocycles. The first kappa shape index (κ1) is 15.3. The number of halogens is 1. The Kier molecular flexibility index (Phi) is 5.19. The summed E-state index contributed by atoms with van der Waals surface area (Å²) in [7, 11) is 1.30. The molecule has 0 radical (unpaired) electrons. The number of hydrogen-bond donors (Lipinski definition) is 2. The number of carbonyl (C=O) groups excluding carboxylic acids is 1. The summed E-state index contributed by atoms with van der Waals surface area (Å²) in [4.78, 5) is 11.6. The highest BCUT2D eigenvalue weighted by molar-refractivity contribution is 7.80. The summed E-state index contributed by atoms with van der Waals surface area (Å²) >= 11 is 11.1. The third kappa shape index (κ3) is 4.21. The van der Waals surface area contributed by atoms with Crippen LogP contribution in [0.5, 0.6) is 0 Å². The molecule has 0 spiro atoms. The third-order valence-electron chi connectivity index (χ3n) is 2.63. The van der Waals surface area contributed by atoms with Crippen LogP contribution in [0.25, 0.3) is 0 Å². The van der Waals surface area contributed by atoms with Crippen molar-refractivity contribution in [1.29, 1.82) is 0 Å². The molecule has 2 N–H and O–H groups in total. The Bertz CT molecular complexity index is 644. The Hall–Kier alpha value is -2.05. The molecule has 0 fully saturated rings. The largest absolute Gasteiger partial charge is 0.467 e. The molecule has 0 unspecified atom stereocenters. The van der Waals surface area contributed by atoms with Crippen molar-refractivity contribution in [3.05, 3.63) is 52.9 Å². The smallest absolute Gasteiger partial charge is 0.339 e. The minimum absolute atomic E-state index is 0.276. The number of furan rings is 1. The van der Waals surface area contributed by atoms with Crippen molar-refractivity contribution in [2.24, 2.45) is 0 Å². The maximum Gasteiger partial charge on any atom is 0.339 e. The fraction of sp³-hybridized carbons (Fsp3) is 0.143. The second-order valence-corrected chi connectivity index (χ2v) is 4.89. The number of esters is 1. The summed E-state index contributed by atoms with van der Waals surface area (Å²) in [6, 6.07) is 8.54. The van der Waals surface area contributed by atoms with Crippen molar-refractivity contribution >= 4 is 40.6 Å². The van der Waals surface area contributed by atoms with Gasteiger partial charge in [-0.15, -0.1) is 0 Å². The van der Waals surface area contributed by atoms with E-state index in [0.29, 0.717) is 22.4 Å². The van der Waals surface area contributed by atoms with E-state index in [1.165, 1.54) is 7.11 Å². The van der Waals surface area contributed by atoms with Crippen LogP contribution in [0.4, 0.5) is 5.69 Å². The number of benzene rings is 1. The van der Waals surface area contributed by atoms with Crippen molar-refractivity contribution in [2.75, 3.05) is 12.4 Å². The van der Waals surface area contributed by atoms with Crippen molar-refractivity contribution in [3.8, 4) is 0 Å². The zero-order chi connectivity index (χ0) is 15.2. The summed E-state index contributed by atoms with van der Waals surface area (Å²) in [6.45, 7) is 0.469. The Balaban J connectivity index is 1.99. The van der Waals surface area contributed by atoms with Gasteiger partial charge in [-0.05, 0) is 42.5 Å². The highest BCUT2D eigenvalue weighted by Gasteiger charge is 2.11. The average molecular weight is 325 g/mol. The lowest BCUT2D eigenvalue weighted by molar-refractivity contribution is 0.0601.